The van der Waals surface area contributed by atoms with Crippen molar-refractivity contribution in [1.29, 1.82) is 0 Å². The minimum absolute atomic E-state index is 0.416. The highest BCUT2D eigenvalue weighted by molar-refractivity contribution is 5.87. The molecule has 0 atom stereocenters. The number of rotatable bonds is 7. The first-order valence-electron chi connectivity index (χ1n) is 11.0. The molecule has 3 rings (SSSR count). The number of carbonyl (C=O) groups excluding carboxylic acids is 1. The van der Waals surface area contributed by atoms with E-state index in [4.69, 9.17) is 4.74 Å². The van der Waals surface area contributed by atoms with Crippen molar-refractivity contribution >= 4 is 17.7 Å². The summed E-state index contributed by atoms with van der Waals surface area (Å²) in [6, 6.07) is 15.0. The van der Waals surface area contributed by atoms with Gasteiger partial charge in [0.1, 0.15) is 5.60 Å². The molecule has 0 unspecified atom stereocenters. The van der Waals surface area contributed by atoms with Gasteiger partial charge < -0.3 is 9.84 Å². The molecule has 34 heavy (non-hydrogen) atoms. The van der Waals surface area contributed by atoms with E-state index in [9.17, 15) is 14.7 Å². The zero-order chi connectivity index (χ0) is 25.1. The van der Waals surface area contributed by atoms with E-state index < -0.39 is 23.1 Å². The standard InChI is InChI=1S/C25H31N5O4/c1-24(2,3)34-23(33)29(6)20-13-9-18(10-14-20)16-30-27-21(26-28-30)19-11-7-17(8-12-19)15-25(4,5)22(31)32/h7-14H,15-16H2,1-6H3,(H,31,32). The van der Waals surface area contributed by atoms with Crippen molar-refractivity contribution in [3.05, 3.63) is 59.7 Å². The van der Waals surface area contributed by atoms with E-state index in [1.807, 2.05) is 69.3 Å². The van der Waals surface area contributed by atoms with E-state index in [-0.39, 0.29) is 0 Å². The Kier molecular flexibility index (Phi) is 7.04. The molecule has 9 heteroatoms. The highest BCUT2D eigenvalue weighted by Crippen LogP contribution is 2.24. The number of ether oxygens (including phenoxy) is 1. The van der Waals surface area contributed by atoms with E-state index in [1.54, 1.807) is 20.9 Å². The van der Waals surface area contributed by atoms with E-state index in [1.165, 1.54) is 9.70 Å². The van der Waals surface area contributed by atoms with Crippen LogP contribution in [0.5, 0.6) is 0 Å². The van der Waals surface area contributed by atoms with Crippen LogP contribution >= 0.6 is 0 Å². The molecule has 0 bridgehead atoms. The number of amides is 1. The van der Waals surface area contributed by atoms with Crippen LogP contribution in [0, 0.1) is 5.41 Å². The van der Waals surface area contributed by atoms with Gasteiger partial charge in [0.2, 0.25) is 5.82 Å². The molecule has 9 nitrogen and oxygen atoms in total. The number of carboxylic acid groups (broad SMARTS) is 1. The summed E-state index contributed by atoms with van der Waals surface area (Å²) in [4.78, 5) is 26.5. The van der Waals surface area contributed by atoms with Gasteiger partial charge >= 0.3 is 12.1 Å². The van der Waals surface area contributed by atoms with Gasteiger partial charge in [-0.15, -0.1) is 10.2 Å². The lowest BCUT2D eigenvalue weighted by Crippen LogP contribution is -2.34. The second-order valence-electron chi connectivity index (χ2n) is 9.91. The number of tetrazole rings is 1. The lowest BCUT2D eigenvalue weighted by molar-refractivity contribution is -0.146. The maximum atomic E-state index is 12.2. The number of anilines is 1. The molecule has 0 saturated heterocycles. The van der Waals surface area contributed by atoms with E-state index >= 15 is 0 Å². The summed E-state index contributed by atoms with van der Waals surface area (Å²) >= 11 is 0. The lowest BCUT2D eigenvalue weighted by Gasteiger charge is -2.24. The minimum atomic E-state index is -0.833. The van der Waals surface area contributed by atoms with Crippen LogP contribution in [-0.4, -0.2) is 50.0 Å². The Morgan fingerprint density at radius 2 is 1.56 bits per heavy atom. The number of hydrogen-bond acceptors (Lipinski definition) is 6. The van der Waals surface area contributed by atoms with Crippen molar-refractivity contribution < 1.29 is 19.4 Å². The van der Waals surface area contributed by atoms with Crippen LogP contribution in [0.25, 0.3) is 11.4 Å². The molecule has 1 heterocycles. The number of hydrogen-bond donors (Lipinski definition) is 1. The Morgan fingerprint density at radius 3 is 2.12 bits per heavy atom. The minimum Gasteiger partial charge on any atom is -0.481 e. The summed E-state index contributed by atoms with van der Waals surface area (Å²) in [5, 5.41) is 22.0. The maximum Gasteiger partial charge on any atom is 0.414 e. The average Bonchev–Trinajstić information content (AvgIpc) is 3.21. The monoisotopic (exact) mass is 465 g/mol. The SMILES string of the molecule is CN(C(=O)OC(C)(C)C)c1ccc(Cn2nnc(-c3ccc(CC(C)(C)C(=O)O)cc3)n2)cc1. The number of aliphatic carboxylic acids is 1. The van der Waals surface area contributed by atoms with Gasteiger partial charge in [-0.25, -0.2) is 4.79 Å². The van der Waals surface area contributed by atoms with Crippen molar-refractivity contribution in [2.45, 2.75) is 53.2 Å². The van der Waals surface area contributed by atoms with Gasteiger partial charge in [-0.1, -0.05) is 36.4 Å². The fourth-order valence-electron chi connectivity index (χ4n) is 3.21. The second-order valence-corrected chi connectivity index (χ2v) is 9.91. The number of carboxylic acids is 1. The van der Waals surface area contributed by atoms with Crippen molar-refractivity contribution in [3.8, 4) is 11.4 Å². The van der Waals surface area contributed by atoms with Crippen LogP contribution in [-0.2, 0) is 22.5 Å². The van der Waals surface area contributed by atoms with Crippen molar-refractivity contribution in [1.82, 2.24) is 20.2 Å². The summed E-state index contributed by atoms with van der Waals surface area (Å²) in [5.74, 6) is -0.337. The van der Waals surface area contributed by atoms with Crippen LogP contribution in [0.4, 0.5) is 10.5 Å². The molecule has 0 spiro atoms. The van der Waals surface area contributed by atoms with Gasteiger partial charge in [0.05, 0.1) is 12.0 Å². The number of aromatic nitrogens is 4. The van der Waals surface area contributed by atoms with Crippen LogP contribution < -0.4 is 4.90 Å². The summed E-state index contributed by atoms with van der Waals surface area (Å²) in [5.41, 5.74) is 2.02. The van der Waals surface area contributed by atoms with Crippen LogP contribution in [0.15, 0.2) is 48.5 Å². The largest absolute Gasteiger partial charge is 0.481 e. The molecule has 180 valence electrons. The van der Waals surface area contributed by atoms with Gasteiger partial charge in [-0.3, -0.25) is 9.69 Å². The number of nitrogens with zero attached hydrogens (tertiary/aromatic N) is 5. The average molecular weight is 466 g/mol. The fourth-order valence-corrected chi connectivity index (χ4v) is 3.21. The Hall–Kier alpha value is -3.75. The second kappa shape index (κ2) is 9.62. The summed E-state index contributed by atoms with van der Waals surface area (Å²) < 4.78 is 5.39. The van der Waals surface area contributed by atoms with E-state index in [2.05, 4.69) is 15.4 Å². The Morgan fingerprint density at radius 1 is 0.971 bits per heavy atom. The van der Waals surface area contributed by atoms with Gasteiger partial charge in [0.15, 0.2) is 0 Å². The molecule has 0 saturated carbocycles. The summed E-state index contributed by atoms with van der Waals surface area (Å²) in [6.45, 7) is 9.33. The van der Waals surface area contributed by atoms with Gasteiger partial charge in [0.25, 0.3) is 0 Å². The predicted molar refractivity (Wildman–Crippen MR) is 129 cm³/mol. The van der Waals surface area contributed by atoms with Crippen molar-refractivity contribution in [3.63, 3.8) is 0 Å². The fraction of sp³-hybridized carbons (Fsp3) is 0.400. The third-order valence-electron chi connectivity index (χ3n) is 5.20. The third kappa shape index (κ3) is 6.40. The van der Waals surface area contributed by atoms with Crippen LogP contribution in [0.1, 0.15) is 45.7 Å². The Labute approximate surface area is 199 Å². The van der Waals surface area contributed by atoms with Gasteiger partial charge in [-0.05, 0) is 69.5 Å². The molecular formula is C25H31N5O4. The molecule has 2 aromatic carbocycles. The topological polar surface area (TPSA) is 110 Å². The number of carbonyl (C=O) groups is 2. The van der Waals surface area contributed by atoms with E-state index in [0.717, 1.165) is 22.4 Å². The summed E-state index contributed by atoms with van der Waals surface area (Å²) in [7, 11) is 1.67. The first kappa shape index (κ1) is 24.9. The zero-order valence-electron chi connectivity index (χ0n) is 20.4. The van der Waals surface area contributed by atoms with Gasteiger partial charge in [-0.2, -0.15) is 4.80 Å². The van der Waals surface area contributed by atoms with Crippen molar-refractivity contribution in [2.75, 3.05) is 11.9 Å². The highest BCUT2D eigenvalue weighted by Gasteiger charge is 2.27. The molecular weight excluding hydrogens is 434 g/mol. The first-order valence-corrected chi connectivity index (χ1v) is 11.0. The zero-order valence-corrected chi connectivity index (χ0v) is 20.4. The molecule has 1 aromatic heterocycles. The molecule has 0 radical (unpaired) electrons. The molecule has 1 amide bonds. The molecule has 0 aliphatic carbocycles. The normalized spacial score (nSPS) is 11.8. The quantitative estimate of drug-likeness (QED) is 0.550. The Balaban J connectivity index is 1.64. The Bertz CT molecular complexity index is 1150. The molecule has 0 aliphatic rings. The lowest BCUT2D eigenvalue weighted by atomic mass is 9.86. The highest BCUT2D eigenvalue weighted by atomic mass is 16.6. The van der Waals surface area contributed by atoms with E-state index in [0.29, 0.717) is 18.8 Å². The predicted octanol–water partition coefficient (Wildman–Crippen LogP) is 4.41. The molecule has 0 aliphatic heterocycles. The third-order valence-corrected chi connectivity index (χ3v) is 5.20. The molecule has 1 N–H and O–H groups in total. The van der Waals surface area contributed by atoms with Gasteiger partial charge in [0, 0.05) is 18.3 Å². The first-order chi connectivity index (χ1) is 15.8. The number of benzene rings is 2. The smallest absolute Gasteiger partial charge is 0.414 e. The summed E-state index contributed by atoms with van der Waals surface area (Å²) in [6.07, 6.45) is 0.0161. The van der Waals surface area contributed by atoms with Crippen molar-refractivity contribution in [2.24, 2.45) is 5.41 Å². The molecule has 0 fully saturated rings. The van der Waals surface area contributed by atoms with Crippen LogP contribution in [0.3, 0.4) is 0 Å². The molecule has 3 aromatic rings. The van der Waals surface area contributed by atoms with Crippen LogP contribution in [0.2, 0.25) is 0 Å². The maximum absolute atomic E-state index is 12.2.